The second-order valence-electron chi connectivity index (χ2n) is 6.09. The zero-order valence-corrected chi connectivity index (χ0v) is 12.7. The number of nitrogens with two attached hydrogens (primary N) is 1. The molecule has 20 heavy (non-hydrogen) atoms. The van der Waals surface area contributed by atoms with Gasteiger partial charge >= 0.3 is 6.03 Å². The van der Waals surface area contributed by atoms with Crippen molar-refractivity contribution in [1.29, 1.82) is 0 Å². The van der Waals surface area contributed by atoms with E-state index in [0.717, 1.165) is 12.8 Å². The average Bonchev–Trinajstić information content (AvgIpc) is 2.39. The van der Waals surface area contributed by atoms with Crippen molar-refractivity contribution >= 4 is 6.03 Å². The van der Waals surface area contributed by atoms with Gasteiger partial charge in [-0.05, 0) is 49.8 Å². The summed E-state index contributed by atoms with van der Waals surface area (Å²) < 4.78 is 0. The zero-order chi connectivity index (χ0) is 14.8. The Morgan fingerprint density at radius 3 is 2.70 bits per heavy atom. The highest BCUT2D eigenvalue weighted by Crippen LogP contribution is 2.28. The van der Waals surface area contributed by atoms with Crippen LogP contribution in [0, 0.1) is 13.8 Å². The van der Waals surface area contributed by atoms with Gasteiger partial charge in [0.2, 0.25) is 0 Å². The number of rotatable bonds is 4. The molecule has 0 bridgehead atoms. The lowest BCUT2D eigenvalue weighted by atomic mass is 9.78. The molecule has 0 atom stereocenters. The number of hydrogen-bond donors (Lipinski definition) is 2. The fraction of sp³-hybridized carbons (Fsp3) is 0.562. The second-order valence-corrected chi connectivity index (χ2v) is 6.09. The number of aryl methyl sites for hydroxylation is 1. The highest BCUT2D eigenvalue weighted by Gasteiger charge is 2.32. The van der Waals surface area contributed by atoms with E-state index in [-0.39, 0.29) is 11.6 Å². The lowest BCUT2D eigenvalue weighted by Crippen LogP contribution is -2.56. The number of carbonyl (C=O) groups excluding carboxylic acids is 1. The molecule has 2 rings (SSSR count). The molecular weight excluding hydrogens is 250 g/mol. The van der Waals surface area contributed by atoms with Crippen molar-refractivity contribution in [2.24, 2.45) is 5.73 Å². The Labute approximate surface area is 121 Å². The summed E-state index contributed by atoms with van der Waals surface area (Å²) in [7, 11) is 1.82. The van der Waals surface area contributed by atoms with Crippen LogP contribution in [0.2, 0.25) is 0 Å². The number of benzene rings is 1. The Morgan fingerprint density at radius 1 is 1.40 bits per heavy atom. The maximum Gasteiger partial charge on any atom is 0.317 e. The molecular formula is C16H25N3O. The molecule has 0 aliphatic heterocycles. The van der Waals surface area contributed by atoms with Crippen LogP contribution >= 0.6 is 0 Å². The quantitative estimate of drug-likeness (QED) is 0.886. The third-order valence-electron chi connectivity index (χ3n) is 4.41. The topological polar surface area (TPSA) is 58.4 Å². The zero-order valence-electron chi connectivity index (χ0n) is 12.7. The maximum absolute atomic E-state index is 12.1. The molecule has 1 aliphatic carbocycles. The minimum absolute atomic E-state index is 0.0531. The van der Waals surface area contributed by atoms with E-state index in [0.29, 0.717) is 13.1 Å². The molecule has 0 saturated heterocycles. The van der Waals surface area contributed by atoms with E-state index in [9.17, 15) is 4.79 Å². The maximum atomic E-state index is 12.1. The van der Waals surface area contributed by atoms with E-state index in [1.54, 1.807) is 4.90 Å². The molecule has 2 amide bonds. The summed E-state index contributed by atoms with van der Waals surface area (Å²) in [6.07, 6.45) is 3.19. The van der Waals surface area contributed by atoms with Crippen LogP contribution in [0.5, 0.6) is 0 Å². The van der Waals surface area contributed by atoms with Gasteiger partial charge < -0.3 is 16.0 Å². The third-order valence-corrected chi connectivity index (χ3v) is 4.41. The van der Waals surface area contributed by atoms with Crippen LogP contribution in [0.1, 0.15) is 36.0 Å². The molecule has 4 heteroatoms. The predicted molar refractivity (Wildman–Crippen MR) is 81.6 cm³/mol. The minimum atomic E-state index is -0.171. The Hall–Kier alpha value is -1.55. The average molecular weight is 275 g/mol. The molecule has 4 nitrogen and oxygen atoms in total. The van der Waals surface area contributed by atoms with E-state index < -0.39 is 0 Å². The molecule has 1 fully saturated rings. The normalized spacial score (nSPS) is 16.4. The first-order valence-corrected chi connectivity index (χ1v) is 7.24. The van der Waals surface area contributed by atoms with E-state index in [4.69, 9.17) is 5.73 Å². The second kappa shape index (κ2) is 5.83. The molecule has 1 aliphatic rings. The Balaban J connectivity index is 1.88. The van der Waals surface area contributed by atoms with E-state index >= 15 is 0 Å². The first-order chi connectivity index (χ1) is 9.41. The summed E-state index contributed by atoms with van der Waals surface area (Å²) in [6.45, 7) is 5.38. The standard InChI is InChI=1S/C16H25N3O/c1-12-6-4-7-14(13(12)2)10-19(3)15(20)18-11-16(17)8-5-9-16/h4,6-7H,5,8-11,17H2,1-3H3,(H,18,20). The van der Waals surface area contributed by atoms with Gasteiger partial charge in [-0.1, -0.05) is 18.2 Å². The molecule has 1 aromatic rings. The van der Waals surface area contributed by atoms with E-state index in [1.165, 1.54) is 23.1 Å². The van der Waals surface area contributed by atoms with E-state index in [2.05, 4.69) is 31.3 Å². The van der Waals surface area contributed by atoms with Gasteiger partial charge in [0.25, 0.3) is 0 Å². The molecule has 3 N–H and O–H groups in total. The van der Waals surface area contributed by atoms with Crippen LogP contribution in [-0.4, -0.2) is 30.1 Å². The summed E-state index contributed by atoms with van der Waals surface area (Å²) in [5.74, 6) is 0. The molecule has 0 unspecified atom stereocenters. The largest absolute Gasteiger partial charge is 0.336 e. The van der Waals surface area contributed by atoms with Crippen molar-refractivity contribution in [2.75, 3.05) is 13.6 Å². The highest BCUT2D eigenvalue weighted by molar-refractivity contribution is 5.74. The SMILES string of the molecule is Cc1cccc(CN(C)C(=O)NCC2(N)CCC2)c1C. The summed E-state index contributed by atoms with van der Waals surface area (Å²) in [4.78, 5) is 13.8. The van der Waals surface area contributed by atoms with Gasteiger partial charge in [0.15, 0.2) is 0 Å². The Morgan fingerprint density at radius 2 is 2.10 bits per heavy atom. The van der Waals surface area contributed by atoms with Gasteiger partial charge in [0.05, 0.1) is 0 Å². The lowest BCUT2D eigenvalue weighted by Gasteiger charge is -2.38. The van der Waals surface area contributed by atoms with Crippen molar-refractivity contribution in [3.8, 4) is 0 Å². The Bertz CT molecular complexity index is 494. The minimum Gasteiger partial charge on any atom is -0.336 e. The van der Waals surface area contributed by atoms with Crippen LogP contribution in [0.4, 0.5) is 4.79 Å². The van der Waals surface area contributed by atoms with E-state index in [1.807, 2.05) is 13.1 Å². The molecule has 0 spiro atoms. The predicted octanol–water partition coefficient (Wildman–Crippen LogP) is 2.33. The summed E-state index contributed by atoms with van der Waals surface area (Å²) in [5.41, 5.74) is 9.64. The number of urea groups is 1. The van der Waals surface area contributed by atoms with Crippen molar-refractivity contribution in [1.82, 2.24) is 10.2 Å². The smallest absolute Gasteiger partial charge is 0.317 e. The van der Waals surface area contributed by atoms with Crippen LogP contribution in [0.3, 0.4) is 0 Å². The van der Waals surface area contributed by atoms with Gasteiger partial charge in [-0.25, -0.2) is 4.79 Å². The van der Waals surface area contributed by atoms with Crippen LogP contribution in [0.15, 0.2) is 18.2 Å². The molecule has 110 valence electrons. The van der Waals surface area contributed by atoms with Gasteiger partial charge in [-0.15, -0.1) is 0 Å². The van der Waals surface area contributed by atoms with Gasteiger partial charge in [0, 0.05) is 25.7 Å². The molecule has 0 aromatic heterocycles. The summed E-state index contributed by atoms with van der Waals surface area (Å²) >= 11 is 0. The van der Waals surface area contributed by atoms with Gasteiger partial charge in [-0.2, -0.15) is 0 Å². The first kappa shape index (κ1) is 14.9. The fourth-order valence-electron chi connectivity index (χ4n) is 2.50. The summed E-state index contributed by atoms with van der Waals surface area (Å²) in [5, 5.41) is 2.94. The van der Waals surface area contributed by atoms with Crippen molar-refractivity contribution in [3.63, 3.8) is 0 Å². The van der Waals surface area contributed by atoms with Crippen LogP contribution < -0.4 is 11.1 Å². The molecule has 1 aromatic carbocycles. The fourth-order valence-corrected chi connectivity index (χ4v) is 2.50. The van der Waals surface area contributed by atoms with Crippen molar-refractivity contribution < 1.29 is 4.79 Å². The number of amides is 2. The van der Waals surface area contributed by atoms with Crippen molar-refractivity contribution in [3.05, 3.63) is 34.9 Å². The van der Waals surface area contributed by atoms with Gasteiger partial charge in [0.1, 0.15) is 0 Å². The lowest BCUT2D eigenvalue weighted by molar-refractivity contribution is 0.192. The van der Waals surface area contributed by atoms with Crippen molar-refractivity contribution in [2.45, 2.75) is 45.2 Å². The first-order valence-electron chi connectivity index (χ1n) is 7.24. The van der Waals surface area contributed by atoms with Gasteiger partial charge in [-0.3, -0.25) is 0 Å². The molecule has 0 radical (unpaired) electrons. The molecule has 1 saturated carbocycles. The summed E-state index contributed by atoms with van der Waals surface area (Å²) in [6, 6.07) is 6.14. The highest BCUT2D eigenvalue weighted by atomic mass is 16.2. The number of nitrogens with zero attached hydrogens (tertiary/aromatic N) is 1. The molecule has 0 heterocycles. The van der Waals surface area contributed by atoms with Crippen LogP contribution in [0.25, 0.3) is 0 Å². The number of hydrogen-bond acceptors (Lipinski definition) is 2. The number of nitrogens with one attached hydrogen (secondary N) is 1. The van der Waals surface area contributed by atoms with Crippen LogP contribution in [-0.2, 0) is 6.54 Å². The number of carbonyl (C=O) groups is 1. The monoisotopic (exact) mass is 275 g/mol. The third kappa shape index (κ3) is 3.31. The Kier molecular flexibility index (Phi) is 4.33.